The van der Waals surface area contributed by atoms with Crippen molar-refractivity contribution >= 4 is 17.4 Å². The van der Waals surface area contributed by atoms with Gasteiger partial charge in [-0.15, -0.1) is 0 Å². The van der Waals surface area contributed by atoms with Crippen molar-refractivity contribution < 1.29 is 28.9 Å². The van der Waals surface area contributed by atoms with E-state index >= 15 is 0 Å². The van der Waals surface area contributed by atoms with Gasteiger partial charge in [0, 0.05) is 31.7 Å². The van der Waals surface area contributed by atoms with Crippen LogP contribution in [-0.4, -0.2) is 73.1 Å². The van der Waals surface area contributed by atoms with E-state index in [1.807, 2.05) is 37.3 Å². The van der Waals surface area contributed by atoms with Crippen LogP contribution in [0.1, 0.15) is 28.3 Å². The van der Waals surface area contributed by atoms with Crippen LogP contribution in [0.5, 0.6) is 11.5 Å². The first kappa shape index (κ1) is 27.4. The van der Waals surface area contributed by atoms with Crippen molar-refractivity contribution in [3.05, 3.63) is 101 Å². The van der Waals surface area contributed by atoms with Crippen LogP contribution in [0.2, 0.25) is 0 Å². The average Bonchev–Trinajstić information content (AvgIpc) is 3.24. The van der Waals surface area contributed by atoms with Gasteiger partial charge in [0.05, 0.1) is 31.9 Å². The summed E-state index contributed by atoms with van der Waals surface area (Å²) in [5.74, 6) is -0.224. The number of likely N-dealkylation sites (tertiary alicyclic amines) is 1. The smallest absolute Gasteiger partial charge is 0.295 e. The summed E-state index contributed by atoms with van der Waals surface area (Å²) in [6.07, 6.45) is 0. The van der Waals surface area contributed by atoms with Crippen molar-refractivity contribution in [2.24, 2.45) is 0 Å². The lowest BCUT2D eigenvalue weighted by Gasteiger charge is -2.31. The number of morpholine rings is 1. The molecule has 0 aromatic heterocycles. The molecule has 8 heteroatoms. The molecule has 1 N–H and O–H groups in total. The summed E-state index contributed by atoms with van der Waals surface area (Å²) in [5.41, 5.74) is 3.46. The summed E-state index contributed by atoms with van der Waals surface area (Å²) in [6.45, 7) is 6.24. The van der Waals surface area contributed by atoms with Gasteiger partial charge in [-0.25, -0.2) is 0 Å². The molecule has 2 aliphatic rings. The van der Waals surface area contributed by atoms with Crippen molar-refractivity contribution in [2.45, 2.75) is 19.6 Å². The van der Waals surface area contributed by atoms with Crippen molar-refractivity contribution in [3.63, 3.8) is 0 Å². The Kier molecular flexibility index (Phi) is 8.48. The number of aliphatic hydroxyl groups is 1. The van der Waals surface area contributed by atoms with Gasteiger partial charge in [0.15, 0.2) is 0 Å². The highest BCUT2D eigenvalue weighted by Gasteiger charge is 2.46. The second-order valence-electron chi connectivity index (χ2n) is 10.0. The van der Waals surface area contributed by atoms with E-state index in [1.54, 1.807) is 48.4 Å². The first-order valence-electron chi connectivity index (χ1n) is 13.5. The van der Waals surface area contributed by atoms with Gasteiger partial charge in [-0.2, -0.15) is 0 Å². The number of carbonyl (C=O) groups excluding carboxylic acids is 2. The van der Waals surface area contributed by atoms with Crippen LogP contribution >= 0.6 is 0 Å². The van der Waals surface area contributed by atoms with Crippen molar-refractivity contribution in [2.75, 3.05) is 46.5 Å². The van der Waals surface area contributed by atoms with Crippen LogP contribution < -0.4 is 9.47 Å². The quantitative estimate of drug-likeness (QED) is 0.245. The SMILES string of the molecule is COc1ccc([C@@H]2/C(=C(\O)c3ccc(OCc4cccc(C)c4)cc3)C(=O)C(=O)N2CCN2CCOCC2)cc1. The van der Waals surface area contributed by atoms with Gasteiger partial charge in [0.2, 0.25) is 0 Å². The zero-order valence-corrected chi connectivity index (χ0v) is 22.8. The number of aryl methyl sites for hydroxylation is 1. The fourth-order valence-corrected chi connectivity index (χ4v) is 5.15. The van der Waals surface area contributed by atoms with E-state index < -0.39 is 17.7 Å². The number of rotatable bonds is 9. The van der Waals surface area contributed by atoms with Crippen LogP contribution in [0, 0.1) is 6.92 Å². The second kappa shape index (κ2) is 12.4. The molecule has 2 heterocycles. The van der Waals surface area contributed by atoms with Gasteiger partial charge in [-0.05, 0) is 54.4 Å². The van der Waals surface area contributed by atoms with E-state index in [9.17, 15) is 14.7 Å². The molecular formula is C32H34N2O6. The van der Waals surface area contributed by atoms with E-state index in [0.717, 1.165) is 29.8 Å². The maximum absolute atomic E-state index is 13.4. The molecule has 3 aromatic carbocycles. The molecule has 1 atom stereocenters. The minimum Gasteiger partial charge on any atom is -0.507 e. The second-order valence-corrected chi connectivity index (χ2v) is 10.0. The fourth-order valence-electron chi connectivity index (χ4n) is 5.15. The minimum atomic E-state index is -0.718. The lowest BCUT2D eigenvalue weighted by molar-refractivity contribution is -0.140. The van der Waals surface area contributed by atoms with E-state index in [-0.39, 0.29) is 11.3 Å². The summed E-state index contributed by atoms with van der Waals surface area (Å²) in [4.78, 5) is 30.4. The van der Waals surface area contributed by atoms with Gasteiger partial charge < -0.3 is 24.2 Å². The molecule has 2 fully saturated rings. The zero-order chi connectivity index (χ0) is 28.1. The lowest BCUT2D eigenvalue weighted by Crippen LogP contribution is -2.42. The first-order chi connectivity index (χ1) is 19.4. The number of hydrogen-bond donors (Lipinski definition) is 1. The monoisotopic (exact) mass is 542 g/mol. The molecule has 8 nitrogen and oxygen atoms in total. The van der Waals surface area contributed by atoms with Crippen LogP contribution in [0.3, 0.4) is 0 Å². The molecule has 0 saturated carbocycles. The average molecular weight is 543 g/mol. The van der Waals surface area contributed by atoms with E-state index in [0.29, 0.717) is 50.0 Å². The Labute approximate surface area is 234 Å². The molecule has 208 valence electrons. The summed E-state index contributed by atoms with van der Waals surface area (Å²) in [5, 5.41) is 11.4. The summed E-state index contributed by atoms with van der Waals surface area (Å²) >= 11 is 0. The summed E-state index contributed by atoms with van der Waals surface area (Å²) in [6, 6.07) is 21.5. The zero-order valence-electron chi connectivity index (χ0n) is 22.8. The Morgan fingerprint density at radius 3 is 2.33 bits per heavy atom. The standard InChI is InChI=1S/C32H34N2O6/c1-22-4-3-5-23(20-22)21-40-27-12-8-25(9-13-27)30(35)28-29(24-6-10-26(38-2)11-7-24)34(32(37)31(28)36)15-14-33-16-18-39-19-17-33/h3-13,20,29,35H,14-19,21H2,1-2H3/b30-28+/t29-/m1/s1. The third-order valence-electron chi connectivity index (χ3n) is 7.35. The van der Waals surface area contributed by atoms with Crippen molar-refractivity contribution in [1.29, 1.82) is 0 Å². The molecule has 2 saturated heterocycles. The predicted octanol–water partition coefficient (Wildman–Crippen LogP) is 4.34. The molecule has 3 aromatic rings. The Hall–Kier alpha value is -4.14. The largest absolute Gasteiger partial charge is 0.507 e. The van der Waals surface area contributed by atoms with Crippen LogP contribution in [0.4, 0.5) is 0 Å². The number of benzene rings is 3. The number of nitrogens with zero attached hydrogens (tertiary/aromatic N) is 2. The van der Waals surface area contributed by atoms with E-state index in [2.05, 4.69) is 11.0 Å². The maximum Gasteiger partial charge on any atom is 0.295 e. The Morgan fingerprint density at radius 1 is 0.950 bits per heavy atom. The van der Waals surface area contributed by atoms with Gasteiger partial charge >= 0.3 is 0 Å². The molecule has 0 unspecified atom stereocenters. The molecule has 2 aliphatic heterocycles. The molecular weight excluding hydrogens is 508 g/mol. The predicted molar refractivity (Wildman–Crippen MR) is 151 cm³/mol. The Morgan fingerprint density at radius 2 is 1.65 bits per heavy atom. The molecule has 1 amide bonds. The topological polar surface area (TPSA) is 88.5 Å². The van der Waals surface area contributed by atoms with Crippen LogP contribution in [0.15, 0.2) is 78.4 Å². The molecule has 0 aliphatic carbocycles. The number of ketones is 1. The first-order valence-corrected chi connectivity index (χ1v) is 13.5. The molecule has 0 radical (unpaired) electrons. The number of methoxy groups -OCH3 is 1. The van der Waals surface area contributed by atoms with E-state index in [1.165, 1.54) is 0 Å². The molecule has 40 heavy (non-hydrogen) atoms. The number of ether oxygens (including phenoxy) is 3. The summed E-state index contributed by atoms with van der Waals surface area (Å²) < 4.78 is 16.6. The van der Waals surface area contributed by atoms with Gasteiger partial charge in [0.1, 0.15) is 23.9 Å². The fraction of sp³-hybridized carbons (Fsp3) is 0.312. The van der Waals surface area contributed by atoms with E-state index in [4.69, 9.17) is 14.2 Å². The van der Waals surface area contributed by atoms with Gasteiger partial charge in [-0.1, -0.05) is 42.0 Å². The van der Waals surface area contributed by atoms with Gasteiger partial charge in [0.25, 0.3) is 11.7 Å². The molecule has 0 spiro atoms. The highest BCUT2D eigenvalue weighted by atomic mass is 16.5. The Balaban J connectivity index is 1.41. The number of aliphatic hydroxyl groups excluding tert-OH is 1. The van der Waals surface area contributed by atoms with Crippen molar-refractivity contribution in [1.82, 2.24) is 9.80 Å². The number of carbonyl (C=O) groups is 2. The van der Waals surface area contributed by atoms with Gasteiger partial charge in [-0.3, -0.25) is 14.5 Å². The Bertz CT molecular complexity index is 1380. The van der Waals surface area contributed by atoms with Crippen LogP contribution in [0.25, 0.3) is 5.76 Å². The number of amides is 1. The summed E-state index contributed by atoms with van der Waals surface area (Å²) in [7, 11) is 1.58. The highest BCUT2D eigenvalue weighted by molar-refractivity contribution is 6.46. The number of hydrogen-bond acceptors (Lipinski definition) is 7. The molecule has 0 bridgehead atoms. The maximum atomic E-state index is 13.4. The lowest BCUT2D eigenvalue weighted by atomic mass is 9.95. The number of Topliss-reactive ketones (excluding diaryl/α,β-unsaturated/α-hetero) is 1. The third-order valence-corrected chi connectivity index (χ3v) is 7.35. The molecule has 5 rings (SSSR count). The van der Waals surface area contributed by atoms with Crippen molar-refractivity contribution in [3.8, 4) is 11.5 Å². The normalized spacial score (nSPS) is 19.1. The third kappa shape index (κ3) is 6.03. The minimum absolute atomic E-state index is 0.0746. The highest BCUT2D eigenvalue weighted by Crippen LogP contribution is 2.40. The van der Waals surface area contributed by atoms with Crippen LogP contribution in [-0.2, 0) is 20.9 Å².